The van der Waals surface area contributed by atoms with E-state index in [-0.39, 0.29) is 18.0 Å². The first-order valence-electron chi connectivity index (χ1n) is 16.2. The van der Waals surface area contributed by atoms with Gasteiger partial charge >= 0.3 is 0 Å². The van der Waals surface area contributed by atoms with Crippen LogP contribution >= 0.6 is 0 Å². The van der Waals surface area contributed by atoms with Crippen LogP contribution in [0.2, 0.25) is 0 Å². The lowest BCUT2D eigenvalue weighted by Gasteiger charge is -2.08. The third-order valence-electron chi connectivity index (χ3n) is 7.97. The Bertz CT molecular complexity index is 1860. The zero-order valence-electron chi connectivity index (χ0n) is 27.1. The van der Waals surface area contributed by atoms with E-state index in [1.165, 1.54) is 34.4 Å². The van der Waals surface area contributed by atoms with Gasteiger partial charge in [-0.15, -0.1) is 0 Å². The molecule has 0 radical (unpaired) electrons. The smallest absolute Gasteiger partial charge is 0.163 e. The van der Waals surface area contributed by atoms with Gasteiger partial charge in [0.15, 0.2) is 11.6 Å². The number of hydrogen-bond donors (Lipinski definition) is 0. The van der Waals surface area contributed by atoms with Gasteiger partial charge in [-0.05, 0) is 80.9 Å². The molecule has 49 heavy (non-hydrogen) atoms. The fourth-order valence-corrected chi connectivity index (χ4v) is 5.20. The number of carbonyl (C=O) groups excluding carboxylic acids is 2. The second kappa shape index (κ2) is 16.5. The van der Waals surface area contributed by atoms with Crippen LogP contribution in [-0.4, -0.2) is 11.6 Å². The molecule has 240 valence electrons. The molecule has 0 spiro atoms. The Morgan fingerprint density at radius 3 is 1.12 bits per heavy atom. The molecule has 4 heteroatoms. The number of carbonyl (C=O) groups is 2. The molecular formula is C45H36O4. The van der Waals surface area contributed by atoms with Crippen LogP contribution in [-0.2, 0) is 22.8 Å². The van der Waals surface area contributed by atoms with E-state index in [4.69, 9.17) is 9.47 Å². The van der Waals surface area contributed by atoms with Gasteiger partial charge in [-0.1, -0.05) is 146 Å². The summed E-state index contributed by atoms with van der Waals surface area (Å²) in [4.78, 5) is 24.8. The zero-order chi connectivity index (χ0) is 33.7. The van der Waals surface area contributed by atoms with Gasteiger partial charge in [0.25, 0.3) is 0 Å². The summed E-state index contributed by atoms with van der Waals surface area (Å²) in [6.45, 7) is 0.919. The summed E-state index contributed by atoms with van der Waals surface area (Å²) < 4.78 is 11.9. The van der Waals surface area contributed by atoms with Crippen molar-refractivity contribution in [3.63, 3.8) is 0 Å². The summed E-state index contributed by atoms with van der Waals surface area (Å²) in [7, 11) is 0. The highest BCUT2D eigenvalue weighted by molar-refractivity contribution is 6.10. The van der Waals surface area contributed by atoms with Crippen molar-refractivity contribution in [1.82, 2.24) is 0 Å². The minimum absolute atomic E-state index is 0.193. The van der Waals surface area contributed by atoms with Crippen molar-refractivity contribution in [3.8, 4) is 33.8 Å². The topological polar surface area (TPSA) is 52.6 Å². The van der Waals surface area contributed by atoms with E-state index >= 15 is 0 Å². The average molecular weight is 641 g/mol. The molecule has 4 nitrogen and oxygen atoms in total. The van der Waals surface area contributed by atoms with E-state index < -0.39 is 0 Å². The second-order valence-electron chi connectivity index (χ2n) is 11.6. The molecule has 0 bridgehead atoms. The monoisotopic (exact) mass is 640 g/mol. The molecule has 0 amide bonds. The van der Waals surface area contributed by atoms with Crippen molar-refractivity contribution in [3.05, 3.63) is 192 Å². The Balaban J connectivity index is 0.910. The maximum Gasteiger partial charge on any atom is 0.163 e. The van der Waals surface area contributed by atoms with Crippen LogP contribution in [0, 0.1) is 0 Å². The second-order valence-corrected chi connectivity index (χ2v) is 11.6. The first-order chi connectivity index (χ1) is 24.1. The van der Waals surface area contributed by atoms with Crippen LogP contribution < -0.4 is 9.47 Å². The molecule has 0 aliphatic heterocycles. The van der Waals surface area contributed by atoms with E-state index in [0.717, 1.165) is 33.8 Å². The van der Waals surface area contributed by atoms with Gasteiger partial charge in [0.05, 0.1) is 6.42 Å². The molecule has 0 N–H and O–H groups in total. The average Bonchev–Trinajstić information content (AvgIpc) is 3.16. The molecule has 0 saturated carbocycles. The van der Waals surface area contributed by atoms with Crippen molar-refractivity contribution in [1.29, 1.82) is 0 Å². The Morgan fingerprint density at radius 2 is 0.755 bits per heavy atom. The van der Waals surface area contributed by atoms with Crippen LogP contribution in [0.1, 0.15) is 28.7 Å². The van der Waals surface area contributed by atoms with Gasteiger partial charge in [0.1, 0.15) is 24.7 Å². The maximum absolute atomic E-state index is 12.4. The predicted molar refractivity (Wildman–Crippen MR) is 198 cm³/mol. The molecule has 0 aromatic heterocycles. The molecule has 0 aliphatic carbocycles. The van der Waals surface area contributed by atoms with E-state index in [9.17, 15) is 9.59 Å². The molecule has 0 atom stereocenters. The molecule has 6 aromatic rings. The minimum Gasteiger partial charge on any atom is -0.489 e. The van der Waals surface area contributed by atoms with E-state index in [1.54, 1.807) is 12.2 Å². The van der Waals surface area contributed by atoms with Gasteiger partial charge in [-0.2, -0.15) is 0 Å². The number of hydrogen-bond acceptors (Lipinski definition) is 4. The molecule has 0 aliphatic rings. The fraction of sp³-hybridized carbons (Fsp3) is 0.0667. The van der Waals surface area contributed by atoms with Gasteiger partial charge in [-0.3, -0.25) is 9.59 Å². The molecule has 6 rings (SSSR count). The summed E-state index contributed by atoms with van der Waals surface area (Å²) in [5, 5.41) is 0. The summed E-state index contributed by atoms with van der Waals surface area (Å²) in [5.41, 5.74) is 8.56. The molecular weight excluding hydrogens is 604 g/mol. The van der Waals surface area contributed by atoms with Gasteiger partial charge in [0, 0.05) is 0 Å². The van der Waals surface area contributed by atoms with Crippen molar-refractivity contribution >= 4 is 23.7 Å². The van der Waals surface area contributed by atoms with E-state index in [2.05, 4.69) is 72.8 Å². The minimum atomic E-state index is -0.255. The van der Waals surface area contributed by atoms with Gasteiger partial charge < -0.3 is 9.47 Å². The van der Waals surface area contributed by atoms with Crippen molar-refractivity contribution < 1.29 is 19.1 Å². The zero-order valence-corrected chi connectivity index (χ0v) is 27.1. The molecule has 0 unspecified atom stereocenters. The van der Waals surface area contributed by atoms with E-state index in [1.807, 2.05) is 84.9 Å². The number of ether oxygens (including phenoxy) is 2. The summed E-state index contributed by atoms with van der Waals surface area (Å²) in [6, 6.07) is 52.2. The van der Waals surface area contributed by atoms with Crippen LogP contribution in [0.4, 0.5) is 0 Å². The largest absolute Gasteiger partial charge is 0.489 e. The molecule has 0 heterocycles. The molecule has 6 aromatic carbocycles. The van der Waals surface area contributed by atoms with Gasteiger partial charge in [0.2, 0.25) is 0 Å². The summed E-state index contributed by atoms with van der Waals surface area (Å²) >= 11 is 0. The third-order valence-corrected chi connectivity index (χ3v) is 7.97. The Hall–Kier alpha value is -6.26. The first-order valence-corrected chi connectivity index (χ1v) is 16.2. The van der Waals surface area contributed by atoms with Crippen LogP contribution in [0.3, 0.4) is 0 Å². The lowest BCUT2D eigenvalue weighted by Crippen LogP contribution is -2.01. The highest BCUT2D eigenvalue weighted by Crippen LogP contribution is 2.22. The SMILES string of the molecule is O=C(C=Cc1ccc(OCc2ccc(-c3ccccc3)cc2)cc1)CC(=O)C=Cc1ccc(OCc2ccc(-c3ccccc3)cc2)cc1. The lowest BCUT2D eigenvalue weighted by atomic mass is 10.0. The number of ketones is 2. The van der Waals surface area contributed by atoms with E-state index in [0.29, 0.717) is 13.2 Å². The fourth-order valence-electron chi connectivity index (χ4n) is 5.20. The number of rotatable bonds is 14. The summed E-state index contributed by atoms with van der Waals surface area (Å²) in [6.07, 6.45) is 6.11. The predicted octanol–water partition coefficient (Wildman–Crippen LogP) is 10.4. The highest BCUT2D eigenvalue weighted by Gasteiger charge is 2.05. The standard InChI is InChI=1S/C45H36O4/c46-42(25-15-34-17-27-44(28-18-34)48-32-36-11-21-40(22-12-36)38-7-3-1-4-8-38)31-43(47)26-16-35-19-29-45(30-20-35)49-33-37-13-23-41(24-14-37)39-9-5-2-6-10-39/h1-30H,31-33H2. The highest BCUT2D eigenvalue weighted by atomic mass is 16.5. The maximum atomic E-state index is 12.4. The summed E-state index contributed by atoms with van der Waals surface area (Å²) in [5.74, 6) is 0.970. The van der Waals surface area contributed by atoms with Gasteiger partial charge in [-0.25, -0.2) is 0 Å². The number of benzene rings is 6. The van der Waals surface area contributed by atoms with Crippen molar-refractivity contribution in [2.75, 3.05) is 0 Å². The molecule has 0 saturated heterocycles. The lowest BCUT2D eigenvalue weighted by molar-refractivity contribution is -0.121. The molecule has 0 fully saturated rings. The normalized spacial score (nSPS) is 11.1. The van der Waals surface area contributed by atoms with Crippen LogP contribution in [0.15, 0.2) is 170 Å². The van der Waals surface area contributed by atoms with Crippen LogP contribution in [0.25, 0.3) is 34.4 Å². The Labute approximate surface area is 287 Å². The Morgan fingerprint density at radius 1 is 0.408 bits per heavy atom. The Kier molecular flexibility index (Phi) is 11.0. The van der Waals surface area contributed by atoms with Crippen molar-refractivity contribution in [2.24, 2.45) is 0 Å². The third kappa shape index (κ3) is 9.87. The first kappa shape index (κ1) is 32.7. The van der Waals surface area contributed by atoms with Crippen LogP contribution in [0.5, 0.6) is 11.5 Å². The number of allylic oxidation sites excluding steroid dienone is 2. The van der Waals surface area contributed by atoms with Crippen molar-refractivity contribution in [2.45, 2.75) is 19.6 Å². The quantitative estimate of drug-likeness (QED) is 0.0878.